The van der Waals surface area contributed by atoms with Crippen LogP contribution < -0.4 is 21.9 Å². The summed E-state index contributed by atoms with van der Waals surface area (Å²) < 4.78 is 63.9. The van der Waals surface area contributed by atoms with Crippen LogP contribution in [0.4, 0.5) is 5.13 Å². The molecule has 0 radical (unpaired) electrons. The molecule has 2 heterocycles. The highest BCUT2D eigenvalue weighted by atomic mass is 32.2. The number of nitrogens with one attached hydrogen (secondary N) is 3. The van der Waals surface area contributed by atoms with Crippen molar-refractivity contribution in [2.24, 2.45) is 5.16 Å². The lowest BCUT2D eigenvalue weighted by Crippen LogP contribution is -2.71. The molecule has 0 spiro atoms. The van der Waals surface area contributed by atoms with Gasteiger partial charge in [0.25, 0.3) is 33.7 Å². The van der Waals surface area contributed by atoms with Gasteiger partial charge in [0.15, 0.2) is 22.3 Å². The number of hydrogen-bond acceptors (Lipinski definition) is 15. The molecule has 1 aromatic heterocycles. The van der Waals surface area contributed by atoms with Crippen molar-refractivity contribution in [2.75, 3.05) is 5.73 Å². The predicted octanol–water partition coefficient (Wildman–Crippen LogP) is -2.14. The fourth-order valence-electron chi connectivity index (χ4n) is 3.37. The number of hydrogen-bond donors (Lipinski definition) is 8. The Morgan fingerprint density at radius 3 is 2.28 bits per heavy atom. The van der Waals surface area contributed by atoms with Crippen LogP contribution in [0.1, 0.15) is 36.8 Å². The SMILES string of the molecule is C[C@@H]1[C@@H](NC(=O)C(=NOC(C)(C)C(=O)NNC(=O)c2cc(O)c(O)c(S(=O)(=O)O)c2)c2csc(N)n2)C(=O)N1S(=O)(=O)O. The maximum Gasteiger partial charge on any atom is 0.362 e. The molecule has 2 aromatic rings. The van der Waals surface area contributed by atoms with Crippen molar-refractivity contribution in [3.05, 3.63) is 28.8 Å². The molecule has 0 saturated carbocycles. The van der Waals surface area contributed by atoms with Crippen LogP contribution in [0.15, 0.2) is 27.6 Å². The summed E-state index contributed by atoms with van der Waals surface area (Å²) in [5.41, 5.74) is 6.12. The number of nitrogens with two attached hydrogens (primary N) is 1. The van der Waals surface area contributed by atoms with Gasteiger partial charge in [-0.05, 0) is 32.9 Å². The van der Waals surface area contributed by atoms with Gasteiger partial charge in [0.05, 0.1) is 6.04 Å². The molecular weight excluding hydrogens is 642 g/mol. The Hall–Kier alpha value is -4.58. The molecule has 0 aliphatic carbocycles. The largest absolute Gasteiger partial charge is 0.504 e. The van der Waals surface area contributed by atoms with Crippen LogP contribution in [-0.4, -0.2) is 92.5 Å². The molecule has 9 N–H and O–H groups in total. The number of phenolic OH excluding ortho intramolecular Hbond substituents is 2. The molecular formula is C20H23N7O13S3. The Labute approximate surface area is 246 Å². The van der Waals surface area contributed by atoms with Crippen molar-refractivity contribution in [1.29, 1.82) is 0 Å². The lowest BCUT2D eigenvalue weighted by atomic mass is 10.0. The first kappa shape index (κ1) is 32.9. The molecule has 2 atom stereocenters. The average Bonchev–Trinajstić information content (AvgIpc) is 3.31. The highest BCUT2D eigenvalue weighted by molar-refractivity contribution is 7.86. The number of aromatic nitrogens is 1. The monoisotopic (exact) mass is 665 g/mol. The topological polar surface area (TPSA) is 317 Å². The number of nitrogen functional groups attached to an aromatic ring is 1. The molecule has 20 nitrogen and oxygen atoms in total. The number of carbonyl (C=O) groups excluding carboxylic acids is 4. The number of aromatic hydroxyl groups is 2. The van der Waals surface area contributed by atoms with Crippen LogP contribution in [0.2, 0.25) is 0 Å². The summed E-state index contributed by atoms with van der Waals surface area (Å²) >= 11 is 0.896. The van der Waals surface area contributed by atoms with E-state index >= 15 is 0 Å². The fourth-order valence-corrected chi connectivity index (χ4v) is 5.43. The van der Waals surface area contributed by atoms with Crippen LogP contribution in [0.25, 0.3) is 0 Å². The molecule has 0 unspecified atom stereocenters. The lowest BCUT2D eigenvalue weighted by Gasteiger charge is -2.42. The molecule has 1 aliphatic heterocycles. The molecule has 43 heavy (non-hydrogen) atoms. The Balaban J connectivity index is 1.75. The standard InChI is InChI=1S/C20H23N7O13S3/c1-7-12(17(32)27(7)43(37,38)39)23-16(31)13(9-6-41-19(21)22-9)26-40-20(2,3)18(33)25-24-15(30)8-4-10(28)14(29)11(5-8)42(34,35)36/h4-7,12,28-29H,1-3H3,(H2,21,22)(H,23,31)(H,24,30)(H,25,33)(H,34,35,36)(H,37,38,39)/t7-,12-/m1/s1. The van der Waals surface area contributed by atoms with Crippen molar-refractivity contribution in [2.45, 2.75) is 43.4 Å². The smallest absolute Gasteiger partial charge is 0.362 e. The van der Waals surface area contributed by atoms with E-state index in [4.69, 9.17) is 19.7 Å². The third kappa shape index (κ3) is 7.08. The molecule has 234 valence electrons. The maximum atomic E-state index is 13.0. The number of amides is 4. The van der Waals surface area contributed by atoms with Gasteiger partial charge in [0.2, 0.25) is 5.60 Å². The van der Waals surface area contributed by atoms with Crippen LogP contribution >= 0.6 is 11.3 Å². The third-order valence-corrected chi connectivity index (χ3v) is 8.20. The number of oxime groups is 1. The number of β-lactam (4-membered cyclic amide) rings is 1. The van der Waals surface area contributed by atoms with Crippen LogP contribution in [0.5, 0.6) is 11.5 Å². The number of hydrazine groups is 1. The van der Waals surface area contributed by atoms with Crippen molar-refractivity contribution < 1.29 is 60.2 Å². The molecule has 23 heteroatoms. The molecule has 0 bridgehead atoms. The Kier molecular flexibility index (Phi) is 8.88. The Morgan fingerprint density at radius 1 is 1.14 bits per heavy atom. The number of benzene rings is 1. The first-order valence-electron chi connectivity index (χ1n) is 11.4. The molecule has 1 fully saturated rings. The summed E-state index contributed by atoms with van der Waals surface area (Å²) in [6, 6.07) is -1.39. The minimum absolute atomic E-state index is 0.00160. The highest BCUT2D eigenvalue weighted by Gasteiger charge is 2.51. The lowest BCUT2D eigenvalue weighted by molar-refractivity contribution is -0.144. The summed E-state index contributed by atoms with van der Waals surface area (Å²) in [5.74, 6) is -6.82. The normalized spacial score (nSPS) is 17.6. The van der Waals surface area contributed by atoms with Gasteiger partial charge in [-0.1, -0.05) is 5.16 Å². The quantitative estimate of drug-likeness (QED) is 0.0466. The number of nitrogens with zero attached hydrogens (tertiary/aromatic N) is 3. The van der Waals surface area contributed by atoms with Crippen LogP contribution in [0.3, 0.4) is 0 Å². The zero-order valence-corrected chi connectivity index (χ0v) is 24.4. The summed E-state index contributed by atoms with van der Waals surface area (Å²) in [4.78, 5) is 58.2. The summed E-state index contributed by atoms with van der Waals surface area (Å²) in [6.45, 7) is 3.53. The van der Waals surface area contributed by atoms with E-state index in [1.165, 1.54) is 12.3 Å². The van der Waals surface area contributed by atoms with Crippen molar-refractivity contribution in [3.63, 3.8) is 0 Å². The number of thiazole rings is 1. The van der Waals surface area contributed by atoms with Gasteiger partial charge in [-0.3, -0.25) is 39.1 Å². The van der Waals surface area contributed by atoms with E-state index < -0.39 is 89.4 Å². The van der Waals surface area contributed by atoms with Crippen molar-refractivity contribution in [1.82, 2.24) is 25.5 Å². The minimum Gasteiger partial charge on any atom is -0.504 e. The molecule has 1 aliphatic rings. The number of carbonyl (C=O) groups is 4. The van der Waals surface area contributed by atoms with E-state index in [1.54, 1.807) is 0 Å². The van der Waals surface area contributed by atoms with Gasteiger partial charge in [0, 0.05) is 10.9 Å². The Bertz CT molecular complexity index is 1750. The first-order chi connectivity index (χ1) is 19.6. The van der Waals surface area contributed by atoms with Crippen LogP contribution in [0, 0.1) is 0 Å². The minimum atomic E-state index is -5.05. The van der Waals surface area contributed by atoms with Crippen molar-refractivity contribution >= 4 is 66.2 Å². The van der Waals surface area contributed by atoms with E-state index in [2.05, 4.69) is 15.5 Å². The molecule has 4 amide bonds. The second-order valence-electron chi connectivity index (χ2n) is 9.14. The van der Waals surface area contributed by atoms with E-state index in [9.17, 15) is 46.2 Å². The van der Waals surface area contributed by atoms with E-state index in [1.807, 2.05) is 10.9 Å². The van der Waals surface area contributed by atoms with Gasteiger partial charge >= 0.3 is 10.3 Å². The van der Waals surface area contributed by atoms with E-state index in [0.717, 1.165) is 25.2 Å². The summed E-state index contributed by atoms with van der Waals surface area (Å²) in [5, 5.41) is 26.5. The van der Waals surface area contributed by atoms with E-state index in [-0.39, 0.29) is 15.1 Å². The Morgan fingerprint density at radius 2 is 1.77 bits per heavy atom. The highest BCUT2D eigenvalue weighted by Crippen LogP contribution is 2.33. The number of rotatable bonds is 9. The van der Waals surface area contributed by atoms with Gasteiger partial charge in [0.1, 0.15) is 16.6 Å². The zero-order chi connectivity index (χ0) is 32.7. The summed E-state index contributed by atoms with van der Waals surface area (Å²) in [6.07, 6.45) is 0. The third-order valence-electron chi connectivity index (χ3n) is 5.65. The summed E-state index contributed by atoms with van der Waals surface area (Å²) in [7, 11) is -9.92. The first-order valence-corrected chi connectivity index (χ1v) is 15.1. The van der Waals surface area contributed by atoms with Gasteiger partial charge in [-0.2, -0.15) is 16.8 Å². The molecule has 1 saturated heterocycles. The van der Waals surface area contributed by atoms with Crippen molar-refractivity contribution in [3.8, 4) is 11.5 Å². The second-order valence-corrected chi connectivity index (χ2v) is 12.7. The predicted molar refractivity (Wildman–Crippen MR) is 143 cm³/mol. The number of phenols is 2. The van der Waals surface area contributed by atoms with Gasteiger partial charge in [-0.25, -0.2) is 9.29 Å². The zero-order valence-electron chi connectivity index (χ0n) is 22.0. The van der Waals surface area contributed by atoms with Crippen LogP contribution in [-0.2, 0) is 39.6 Å². The van der Waals surface area contributed by atoms with E-state index in [0.29, 0.717) is 12.1 Å². The number of anilines is 1. The average molecular weight is 666 g/mol. The maximum absolute atomic E-state index is 13.0. The van der Waals surface area contributed by atoms with Gasteiger partial charge < -0.3 is 26.1 Å². The molecule has 3 rings (SSSR count). The second kappa shape index (κ2) is 11.6. The molecule has 1 aromatic carbocycles. The fraction of sp³-hybridized carbons (Fsp3) is 0.300. The van der Waals surface area contributed by atoms with Gasteiger partial charge in [-0.15, -0.1) is 11.3 Å².